The van der Waals surface area contributed by atoms with Crippen molar-refractivity contribution in [1.29, 1.82) is 0 Å². The van der Waals surface area contributed by atoms with E-state index in [0.717, 1.165) is 0 Å². The van der Waals surface area contributed by atoms with E-state index in [1.54, 1.807) is 11.8 Å². The minimum absolute atomic E-state index is 0.0832. The lowest BCUT2D eigenvalue weighted by Crippen LogP contribution is -2.41. The monoisotopic (exact) mass is 311 g/mol. The molecule has 0 N–H and O–H groups in total. The van der Waals surface area contributed by atoms with E-state index in [9.17, 15) is 22.8 Å². The van der Waals surface area contributed by atoms with Crippen molar-refractivity contribution in [2.75, 3.05) is 32.9 Å². The van der Waals surface area contributed by atoms with E-state index in [-0.39, 0.29) is 30.8 Å². The van der Waals surface area contributed by atoms with E-state index in [1.165, 1.54) is 0 Å². The van der Waals surface area contributed by atoms with E-state index in [0.29, 0.717) is 32.5 Å². The fourth-order valence-corrected chi connectivity index (χ4v) is 2.13. The minimum Gasteiger partial charge on any atom is -0.466 e. The van der Waals surface area contributed by atoms with E-state index < -0.39 is 12.8 Å². The van der Waals surface area contributed by atoms with Gasteiger partial charge in [-0.2, -0.15) is 13.2 Å². The Morgan fingerprint density at radius 2 is 1.86 bits per heavy atom. The van der Waals surface area contributed by atoms with Crippen LogP contribution in [0.2, 0.25) is 0 Å². The zero-order valence-corrected chi connectivity index (χ0v) is 11.9. The standard InChI is InChI=1S/C13H20F3NO4/c1-2-21-12(19)10-3-6-17(7-4-10)11(18)5-8-20-9-13(14,15)16/h10H,2-9H2,1H3. The second kappa shape index (κ2) is 8.21. The van der Waals surface area contributed by atoms with Gasteiger partial charge in [0, 0.05) is 13.1 Å². The molecule has 0 aliphatic carbocycles. The van der Waals surface area contributed by atoms with Gasteiger partial charge >= 0.3 is 12.1 Å². The first kappa shape index (κ1) is 17.7. The van der Waals surface area contributed by atoms with Crippen LogP contribution in [0.5, 0.6) is 0 Å². The van der Waals surface area contributed by atoms with Gasteiger partial charge in [-0.1, -0.05) is 0 Å². The number of halogens is 3. The number of rotatable bonds is 6. The van der Waals surface area contributed by atoms with Crippen LogP contribution in [0.3, 0.4) is 0 Å². The Balaban J connectivity index is 2.21. The molecule has 8 heteroatoms. The van der Waals surface area contributed by atoms with Crippen molar-refractivity contribution in [1.82, 2.24) is 4.90 Å². The largest absolute Gasteiger partial charge is 0.466 e. The lowest BCUT2D eigenvalue weighted by molar-refractivity contribution is -0.175. The van der Waals surface area contributed by atoms with E-state index >= 15 is 0 Å². The van der Waals surface area contributed by atoms with Crippen molar-refractivity contribution in [2.24, 2.45) is 5.92 Å². The van der Waals surface area contributed by atoms with Gasteiger partial charge in [0.25, 0.3) is 0 Å². The number of carbonyl (C=O) groups excluding carboxylic acids is 2. The predicted molar refractivity (Wildman–Crippen MR) is 67.4 cm³/mol. The third kappa shape index (κ3) is 6.79. The highest BCUT2D eigenvalue weighted by Gasteiger charge is 2.29. The Hall–Kier alpha value is -1.31. The van der Waals surface area contributed by atoms with Gasteiger partial charge in [0.15, 0.2) is 0 Å². The van der Waals surface area contributed by atoms with Crippen LogP contribution >= 0.6 is 0 Å². The smallest absolute Gasteiger partial charge is 0.411 e. The fraction of sp³-hybridized carbons (Fsp3) is 0.846. The number of carbonyl (C=O) groups is 2. The van der Waals surface area contributed by atoms with Gasteiger partial charge in [-0.3, -0.25) is 9.59 Å². The molecule has 0 radical (unpaired) electrons. The Morgan fingerprint density at radius 3 is 2.38 bits per heavy atom. The normalized spacial score (nSPS) is 16.9. The van der Waals surface area contributed by atoms with Crippen LogP contribution in [0.15, 0.2) is 0 Å². The molecule has 5 nitrogen and oxygen atoms in total. The Kier molecular flexibility index (Phi) is 6.94. The van der Waals surface area contributed by atoms with Crippen molar-refractivity contribution >= 4 is 11.9 Å². The molecule has 1 saturated heterocycles. The van der Waals surface area contributed by atoms with Crippen molar-refractivity contribution < 1.29 is 32.2 Å². The third-order valence-electron chi connectivity index (χ3n) is 3.19. The molecule has 1 fully saturated rings. The van der Waals surface area contributed by atoms with Crippen molar-refractivity contribution in [2.45, 2.75) is 32.4 Å². The molecule has 1 amide bonds. The number of hydrogen-bond donors (Lipinski definition) is 0. The molecule has 1 rings (SSSR count). The zero-order valence-electron chi connectivity index (χ0n) is 11.9. The Morgan fingerprint density at radius 1 is 1.24 bits per heavy atom. The summed E-state index contributed by atoms with van der Waals surface area (Å²) in [6.07, 6.45) is -3.41. The van der Waals surface area contributed by atoms with Gasteiger partial charge in [-0.05, 0) is 19.8 Å². The highest BCUT2D eigenvalue weighted by atomic mass is 19.4. The first-order valence-electron chi connectivity index (χ1n) is 6.92. The quantitative estimate of drug-likeness (QED) is 0.554. The topological polar surface area (TPSA) is 55.8 Å². The van der Waals surface area contributed by atoms with Crippen LogP contribution in [0, 0.1) is 5.92 Å². The maximum atomic E-state index is 11.9. The fourth-order valence-electron chi connectivity index (χ4n) is 2.13. The second-order valence-corrected chi connectivity index (χ2v) is 4.82. The number of ether oxygens (including phenoxy) is 2. The molecular formula is C13H20F3NO4. The summed E-state index contributed by atoms with van der Waals surface area (Å²) in [5, 5.41) is 0. The number of amides is 1. The van der Waals surface area contributed by atoms with Gasteiger partial charge in [-0.15, -0.1) is 0 Å². The lowest BCUT2D eigenvalue weighted by Gasteiger charge is -2.30. The van der Waals surface area contributed by atoms with Gasteiger partial charge in [0.2, 0.25) is 5.91 Å². The molecule has 0 saturated carbocycles. The molecular weight excluding hydrogens is 291 g/mol. The highest BCUT2D eigenvalue weighted by Crippen LogP contribution is 2.19. The highest BCUT2D eigenvalue weighted by molar-refractivity contribution is 5.77. The van der Waals surface area contributed by atoms with Gasteiger partial charge in [0.1, 0.15) is 6.61 Å². The molecule has 0 bridgehead atoms. The second-order valence-electron chi connectivity index (χ2n) is 4.82. The molecule has 21 heavy (non-hydrogen) atoms. The summed E-state index contributed by atoms with van der Waals surface area (Å²) in [7, 11) is 0. The summed E-state index contributed by atoms with van der Waals surface area (Å²) in [6, 6.07) is 0. The molecule has 0 spiro atoms. The maximum Gasteiger partial charge on any atom is 0.411 e. The van der Waals surface area contributed by atoms with Crippen molar-refractivity contribution in [3.8, 4) is 0 Å². The summed E-state index contributed by atoms with van der Waals surface area (Å²) < 4.78 is 44.9. The summed E-state index contributed by atoms with van der Waals surface area (Å²) in [4.78, 5) is 24.8. The van der Waals surface area contributed by atoms with Crippen LogP contribution in [0.4, 0.5) is 13.2 Å². The Labute approximate surface area is 121 Å². The van der Waals surface area contributed by atoms with Crippen molar-refractivity contribution in [3.63, 3.8) is 0 Å². The molecule has 0 aromatic carbocycles. The van der Waals surface area contributed by atoms with Crippen LogP contribution in [-0.4, -0.2) is 55.9 Å². The van der Waals surface area contributed by atoms with Gasteiger partial charge < -0.3 is 14.4 Å². The molecule has 0 aromatic heterocycles. The average Bonchev–Trinajstić information content (AvgIpc) is 2.43. The minimum atomic E-state index is -4.37. The maximum absolute atomic E-state index is 11.9. The summed E-state index contributed by atoms with van der Waals surface area (Å²) in [6.45, 7) is 1.30. The number of nitrogens with zero attached hydrogens (tertiary/aromatic N) is 1. The summed E-state index contributed by atoms with van der Waals surface area (Å²) in [5.74, 6) is -0.701. The van der Waals surface area contributed by atoms with E-state index in [2.05, 4.69) is 4.74 Å². The van der Waals surface area contributed by atoms with E-state index in [4.69, 9.17) is 4.74 Å². The first-order chi connectivity index (χ1) is 9.83. The molecule has 1 aliphatic heterocycles. The van der Waals surface area contributed by atoms with Crippen LogP contribution in [0.25, 0.3) is 0 Å². The predicted octanol–water partition coefficient (Wildman–Crippen LogP) is 1.76. The van der Waals surface area contributed by atoms with Crippen LogP contribution in [0.1, 0.15) is 26.2 Å². The molecule has 0 unspecified atom stereocenters. The summed E-state index contributed by atoms with van der Waals surface area (Å²) in [5.41, 5.74) is 0. The summed E-state index contributed by atoms with van der Waals surface area (Å²) >= 11 is 0. The number of esters is 1. The average molecular weight is 311 g/mol. The first-order valence-corrected chi connectivity index (χ1v) is 6.92. The molecule has 122 valence electrons. The number of piperidine rings is 1. The van der Waals surface area contributed by atoms with Gasteiger partial charge in [-0.25, -0.2) is 0 Å². The van der Waals surface area contributed by atoms with E-state index in [1.807, 2.05) is 0 Å². The van der Waals surface area contributed by atoms with Crippen LogP contribution in [-0.2, 0) is 19.1 Å². The molecule has 0 aromatic rings. The SMILES string of the molecule is CCOC(=O)C1CCN(C(=O)CCOCC(F)(F)F)CC1. The van der Waals surface area contributed by atoms with Crippen molar-refractivity contribution in [3.05, 3.63) is 0 Å². The number of likely N-dealkylation sites (tertiary alicyclic amines) is 1. The molecule has 0 atom stereocenters. The van der Waals surface area contributed by atoms with Crippen LogP contribution < -0.4 is 0 Å². The zero-order chi connectivity index (χ0) is 15.9. The number of hydrogen-bond acceptors (Lipinski definition) is 4. The number of alkyl halides is 3. The molecule has 1 heterocycles. The lowest BCUT2D eigenvalue weighted by atomic mass is 9.97. The third-order valence-corrected chi connectivity index (χ3v) is 3.19. The van der Waals surface area contributed by atoms with Gasteiger partial charge in [0.05, 0.1) is 25.6 Å². The molecule has 1 aliphatic rings. The Bertz CT molecular complexity index is 352.